The van der Waals surface area contributed by atoms with Gasteiger partial charge in [-0.15, -0.1) is 0 Å². The summed E-state index contributed by atoms with van der Waals surface area (Å²) in [6.45, 7) is 3.83. The van der Waals surface area contributed by atoms with E-state index in [1.165, 1.54) is 0 Å². The second-order valence-corrected chi connectivity index (χ2v) is 6.14. The Bertz CT molecular complexity index is 422. The first-order valence-electron chi connectivity index (χ1n) is 5.93. The lowest BCUT2D eigenvalue weighted by Crippen LogP contribution is -2.46. The van der Waals surface area contributed by atoms with Crippen LogP contribution in [0.1, 0.15) is 11.6 Å². The molecule has 1 saturated heterocycles. The molecule has 1 aliphatic heterocycles. The summed E-state index contributed by atoms with van der Waals surface area (Å²) in [5.74, 6) is 0. The van der Waals surface area contributed by atoms with Gasteiger partial charge in [0.05, 0.1) is 18.3 Å². The smallest absolute Gasteiger partial charge is 0.0629 e. The van der Waals surface area contributed by atoms with Crippen molar-refractivity contribution in [1.82, 2.24) is 10.2 Å². The van der Waals surface area contributed by atoms with Crippen molar-refractivity contribution in [3.05, 3.63) is 26.6 Å². The van der Waals surface area contributed by atoms with Crippen LogP contribution in [0.4, 0.5) is 5.69 Å². The second kappa shape index (κ2) is 6.34. The highest BCUT2D eigenvalue weighted by molar-refractivity contribution is 9.11. The number of aliphatic hydroxyl groups is 1. The SMILES string of the molecule is Nc1c(Br)cc(Br)cc1[C@@H](CO)N1CCNCC1. The first-order chi connectivity index (χ1) is 8.63. The topological polar surface area (TPSA) is 61.5 Å². The second-order valence-electron chi connectivity index (χ2n) is 4.37. The predicted octanol–water partition coefficient (Wildman–Crippen LogP) is 1.73. The lowest BCUT2D eigenvalue weighted by atomic mass is 10.0. The summed E-state index contributed by atoms with van der Waals surface area (Å²) in [5.41, 5.74) is 7.79. The van der Waals surface area contributed by atoms with Gasteiger partial charge in [0.15, 0.2) is 0 Å². The summed E-state index contributed by atoms with van der Waals surface area (Å²) in [4.78, 5) is 2.26. The number of benzene rings is 1. The van der Waals surface area contributed by atoms with E-state index in [0.717, 1.165) is 40.7 Å². The molecule has 1 aromatic carbocycles. The van der Waals surface area contributed by atoms with Crippen LogP contribution in [-0.2, 0) is 0 Å². The Labute approximate surface area is 124 Å². The third-order valence-corrected chi connectivity index (χ3v) is 4.36. The molecule has 1 aliphatic rings. The van der Waals surface area contributed by atoms with E-state index in [4.69, 9.17) is 5.73 Å². The maximum atomic E-state index is 9.69. The number of nitrogens with zero attached hydrogens (tertiary/aromatic N) is 1. The molecule has 6 heteroatoms. The fourth-order valence-corrected chi connectivity index (χ4v) is 3.54. The van der Waals surface area contributed by atoms with E-state index < -0.39 is 0 Å². The molecule has 0 saturated carbocycles. The van der Waals surface area contributed by atoms with Crippen molar-refractivity contribution in [2.24, 2.45) is 0 Å². The van der Waals surface area contributed by atoms with Crippen molar-refractivity contribution >= 4 is 37.5 Å². The van der Waals surface area contributed by atoms with Crippen LogP contribution in [0.2, 0.25) is 0 Å². The summed E-state index contributed by atoms with van der Waals surface area (Å²) >= 11 is 6.92. The number of hydrogen-bond donors (Lipinski definition) is 3. The molecule has 4 N–H and O–H groups in total. The van der Waals surface area contributed by atoms with Gasteiger partial charge in [-0.2, -0.15) is 0 Å². The normalized spacial score (nSPS) is 18.8. The molecular formula is C12H17Br2N3O. The van der Waals surface area contributed by atoms with E-state index in [1.54, 1.807) is 0 Å². The van der Waals surface area contributed by atoms with E-state index >= 15 is 0 Å². The number of nitrogens with one attached hydrogen (secondary N) is 1. The van der Waals surface area contributed by atoms with E-state index in [1.807, 2.05) is 12.1 Å². The van der Waals surface area contributed by atoms with Crippen molar-refractivity contribution in [3.63, 3.8) is 0 Å². The third kappa shape index (κ3) is 3.05. The average Bonchev–Trinajstić information content (AvgIpc) is 2.37. The fourth-order valence-electron chi connectivity index (χ4n) is 2.28. The predicted molar refractivity (Wildman–Crippen MR) is 80.5 cm³/mol. The zero-order valence-electron chi connectivity index (χ0n) is 10.00. The Morgan fingerprint density at radius 3 is 2.61 bits per heavy atom. The summed E-state index contributed by atoms with van der Waals surface area (Å²) in [6, 6.07) is 3.87. The summed E-state index contributed by atoms with van der Waals surface area (Å²) < 4.78 is 1.83. The van der Waals surface area contributed by atoms with Crippen LogP contribution in [0.25, 0.3) is 0 Å². The van der Waals surface area contributed by atoms with Gasteiger partial charge >= 0.3 is 0 Å². The minimum atomic E-state index is -0.0408. The van der Waals surface area contributed by atoms with Crippen LogP contribution < -0.4 is 11.1 Å². The van der Waals surface area contributed by atoms with Gasteiger partial charge in [0.25, 0.3) is 0 Å². The molecule has 0 radical (unpaired) electrons. The molecule has 1 heterocycles. The maximum absolute atomic E-state index is 9.69. The van der Waals surface area contributed by atoms with Gasteiger partial charge in [0, 0.05) is 35.1 Å². The van der Waals surface area contributed by atoms with Gasteiger partial charge in [-0.05, 0) is 33.6 Å². The molecule has 1 atom stereocenters. The number of rotatable bonds is 3. The molecule has 1 aromatic rings. The third-order valence-electron chi connectivity index (χ3n) is 3.25. The first-order valence-corrected chi connectivity index (χ1v) is 7.52. The molecule has 0 spiro atoms. The molecule has 0 amide bonds. The molecule has 0 aromatic heterocycles. The van der Waals surface area contributed by atoms with E-state index in [-0.39, 0.29) is 12.6 Å². The van der Waals surface area contributed by atoms with Gasteiger partial charge in [-0.25, -0.2) is 0 Å². The van der Waals surface area contributed by atoms with Crippen molar-refractivity contribution in [3.8, 4) is 0 Å². The number of hydrogen-bond acceptors (Lipinski definition) is 4. The summed E-state index contributed by atoms with van der Waals surface area (Å²) in [7, 11) is 0. The summed E-state index contributed by atoms with van der Waals surface area (Å²) in [6.07, 6.45) is 0. The molecular weight excluding hydrogens is 362 g/mol. The standard InChI is InChI=1S/C12H17Br2N3O/c13-8-5-9(12(15)10(14)6-8)11(7-18)17-3-1-16-2-4-17/h5-6,11,16,18H,1-4,7,15H2/t11-/m1/s1. The lowest BCUT2D eigenvalue weighted by molar-refractivity contribution is 0.111. The number of nitrogens with two attached hydrogens (primary N) is 1. The number of nitrogen functional groups attached to an aromatic ring is 1. The summed E-state index contributed by atoms with van der Waals surface area (Å²) in [5, 5.41) is 13.0. The number of piperazine rings is 1. The number of aliphatic hydroxyl groups excluding tert-OH is 1. The average molecular weight is 379 g/mol. The maximum Gasteiger partial charge on any atom is 0.0629 e. The molecule has 2 rings (SSSR count). The minimum Gasteiger partial charge on any atom is -0.398 e. The van der Waals surface area contributed by atoms with Crippen molar-refractivity contribution < 1.29 is 5.11 Å². The monoisotopic (exact) mass is 377 g/mol. The van der Waals surface area contributed by atoms with Gasteiger partial charge in [-0.3, -0.25) is 4.90 Å². The van der Waals surface area contributed by atoms with Gasteiger partial charge in [-0.1, -0.05) is 15.9 Å². The Morgan fingerprint density at radius 2 is 2.00 bits per heavy atom. The Morgan fingerprint density at radius 1 is 1.33 bits per heavy atom. The van der Waals surface area contributed by atoms with Crippen LogP contribution in [0.5, 0.6) is 0 Å². The van der Waals surface area contributed by atoms with Gasteiger partial charge in [0.1, 0.15) is 0 Å². The highest BCUT2D eigenvalue weighted by Crippen LogP contribution is 2.34. The Balaban J connectivity index is 2.31. The minimum absolute atomic E-state index is 0.0408. The molecule has 100 valence electrons. The molecule has 0 aliphatic carbocycles. The number of anilines is 1. The van der Waals surface area contributed by atoms with Crippen LogP contribution in [-0.4, -0.2) is 42.8 Å². The number of halogens is 2. The van der Waals surface area contributed by atoms with E-state index in [0.29, 0.717) is 5.69 Å². The highest BCUT2D eigenvalue weighted by Gasteiger charge is 2.24. The van der Waals surface area contributed by atoms with Crippen LogP contribution >= 0.6 is 31.9 Å². The highest BCUT2D eigenvalue weighted by atomic mass is 79.9. The van der Waals surface area contributed by atoms with Crippen LogP contribution in [0.15, 0.2) is 21.1 Å². The zero-order chi connectivity index (χ0) is 13.1. The lowest BCUT2D eigenvalue weighted by Gasteiger charge is -2.34. The molecule has 0 unspecified atom stereocenters. The van der Waals surface area contributed by atoms with Gasteiger partial charge in [0.2, 0.25) is 0 Å². The van der Waals surface area contributed by atoms with E-state index in [2.05, 4.69) is 42.1 Å². The molecule has 4 nitrogen and oxygen atoms in total. The van der Waals surface area contributed by atoms with E-state index in [9.17, 15) is 5.11 Å². The Kier molecular flexibility index (Phi) is 5.03. The fraction of sp³-hybridized carbons (Fsp3) is 0.500. The van der Waals surface area contributed by atoms with Crippen LogP contribution in [0, 0.1) is 0 Å². The molecule has 1 fully saturated rings. The van der Waals surface area contributed by atoms with Gasteiger partial charge < -0.3 is 16.2 Å². The zero-order valence-corrected chi connectivity index (χ0v) is 13.2. The quantitative estimate of drug-likeness (QED) is 0.701. The van der Waals surface area contributed by atoms with Crippen molar-refractivity contribution in [1.29, 1.82) is 0 Å². The molecule has 18 heavy (non-hydrogen) atoms. The van der Waals surface area contributed by atoms with Crippen LogP contribution in [0.3, 0.4) is 0 Å². The Hall–Kier alpha value is -0.140. The van der Waals surface area contributed by atoms with Crippen molar-refractivity contribution in [2.45, 2.75) is 6.04 Å². The van der Waals surface area contributed by atoms with Crippen molar-refractivity contribution in [2.75, 3.05) is 38.5 Å². The molecule has 0 bridgehead atoms. The largest absolute Gasteiger partial charge is 0.398 e. The first kappa shape index (κ1) is 14.3.